The predicted molar refractivity (Wildman–Crippen MR) is 67.6 cm³/mol. The normalized spacial score (nSPS) is 10.1. The summed E-state index contributed by atoms with van der Waals surface area (Å²) in [4.78, 5) is 11.9. The molecule has 0 fully saturated rings. The number of benzene rings is 2. The zero-order chi connectivity index (χ0) is 11.4. The van der Waals surface area contributed by atoms with Crippen molar-refractivity contribution in [3.63, 3.8) is 0 Å². The first kappa shape index (κ1) is 11.7. The fraction of sp³-hybridized carbons (Fsp3) is 0. The molecule has 80 valence electrons. The zero-order valence-corrected chi connectivity index (χ0v) is 11.5. The Balaban J connectivity index is 2.11. The molecule has 1 nitrogen and oxygen atoms in total. The van der Waals surface area contributed by atoms with Gasteiger partial charge in [0.15, 0.2) is 0 Å². The van der Waals surface area contributed by atoms with E-state index in [1.807, 2.05) is 54.6 Å². The molecular formula is C13H9ClOTe. The van der Waals surface area contributed by atoms with Crippen LogP contribution in [-0.4, -0.2) is 24.8 Å². The summed E-state index contributed by atoms with van der Waals surface area (Å²) < 4.78 is 1.37. The predicted octanol–water partition coefficient (Wildman–Crippen LogP) is 2.51. The second-order valence-corrected chi connectivity index (χ2v) is 6.63. The topological polar surface area (TPSA) is 17.1 Å². The number of hydrogen-bond donors (Lipinski definition) is 0. The number of carbonyl (C=O) groups is 1. The van der Waals surface area contributed by atoms with Gasteiger partial charge in [-0.1, -0.05) is 0 Å². The van der Waals surface area contributed by atoms with Crippen LogP contribution in [0.4, 0.5) is 0 Å². The maximum atomic E-state index is 11.9. The Labute approximate surface area is 110 Å². The molecule has 16 heavy (non-hydrogen) atoms. The fourth-order valence-electron chi connectivity index (χ4n) is 1.24. The van der Waals surface area contributed by atoms with Gasteiger partial charge in [-0.25, -0.2) is 0 Å². The van der Waals surface area contributed by atoms with Crippen molar-refractivity contribution in [1.82, 2.24) is 0 Å². The van der Waals surface area contributed by atoms with Gasteiger partial charge in [-0.05, 0) is 0 Å². The van der Waals surface area contributed by atoms with Crippen molar-refractivity contribution < 1.29 is 4.79 Å². The molecule has 0 aliphatic carbocycles. The first-order chi connectivity index (χ1) is 7.75. The molecule has 2 aromatic carbocycles. The molecule has 0 saturated carbocycles. The number of rotatable bonds is 3. The third-order valence-electron chi connectivity index (χ3n) is 2.03. The van der Waals surface area contributed by atoms with E-state index in [4.69, 9.17) is 11.6 Å². The molecular weight excluding hydrogens is 335 g/mol. The van der Waals surface area contributed by atoms with Crippen LogP contribution in [-0.2, 0) is 0 Å². The SMILES string of the molecule is O=C([Te]c1ccc(Cl)cc1)c1ccccc1. The second-order valence-electron chi connectivity index (χ2n) is 3.21. The minimum atomic E-state index is -0.815. The summed E-state index contributed by atoms with van der Waals surface area (Å²) in [6.07, 6.45) is 0. The van der Waals surface area contributed by atoms with E-state index >= 15 is 0 Å². The molecule has 0 aliphatic rings. The van der Waals surface area contributed by atoms with Crippen LogP contribution in [0.1, 0.15) is 10.4 Å². The zero-order valence-electron chi connectivity index (χ0n) is 8.39. The van der Waals surface area contributed by atoms with Crippen molar-refractivity contribution in [3.05, 3.63) is 65.2 Å². The van der Waals surface area contributed by atoms with Gasteiger partial charge in [-0.3, -0.25) is 0 Å². The standard InChI is InChI=1S/C13H9ClOTe/c14-11-6-8-12(9-7-11)16-13(15)10-4-2-1-3-5-10/h1-9H. The summed E-state index contributed by atoms with van der Waals surface area (Å²) in [7, 11) is 0. The molecule has 0 aliphatic heterocycles. The van der Waals surface area contributed by atoms with Gasteiger partial charge < -0.3 is 0 Å². The minimum absolute atomic E-state index is 0.258. The summed E-state index contributed by atoms with van der Waals surface area (Å²) in [6.45, 7) is 0. The van der Waals surface area contributed by atoms with Gasteiger partial charge in [0.1, 0.15) is 0 Å². The number of carbonyl (C=O) groups excluding carboxylic acids is 1. The van der Waals surface area contributed by atoms with E-state index in [0.29, 0.717) is 5.02 Å². The Kier molecular flexibility index (Phi) is 4.01. The van der Waals surface area contributed by atoms with Crippen LogP contribution < -0.4 is 3.61 Å². The van der Waals surface area contributed by atoms with Crippen molar-refractivity contribution in [2.75, 3.05) is 0 Å². The van der Waals surface area contributed by atoms with Gasteiger partial charge in [-0.15, -0.1) is 0 Å². The van der Waals surface area contributed by atoms with Gasteiger partial charge in [0.05, 0.1) is 0 Å². The van der Waals surface area contributed by atoms with Gasteiger partial charge in [0.25, 0.3) is 0 Å². The van der Waals surface area contributed by atoms with E-state index in [0.717, 1.165) is 9.17 Å². The molecule has 0 N–H and O–H groups in total. The fourth-order valence-corrected chi connectivity index (χ4v) is 3.48. The van der Waals surface area contributed by atoms with E-state index in [9.17, 15) is 4.79 Å². The molecule has 0 radical (unpaired) electrons. The Hall–Kier alpha value is -0.810. The third kappa shape index (κ3) is 3.09. The van der Waals surface area contributed by atoms with Crippen LogP contribution in [0.25, 0.3) is 0 Å². The van der Waals surface area contributed by atoms with Gasteiger partial charge in [0, 0.05) is 0 Å². The Bertz CT molecular complexity index is 479. The molecule has 0 amide bonds. The Morgan fingerprint density at radius 3 is 2.19 bits per heavy atom. The summed E-state index contributed by atoms with van der Waals surface area (Å²) in [5, 5.41) is 0.711. The van der Waals surface area contributed by atoms with Crippen molar-refractivity contribution in [2.45, 2.75) is 0 Å². The third-order valence-corrected chi connectivity index (χ3v) is 4.94. The van der Waals surface area contributed by atoms with Gasteiger partial charge in [0.2, 0.25) is 0 Å². The average molecular weight is 344 g/mol. The summed E-state index contributed by atoms with van der Waals surface area (Å²) >= 11 is 4.98. The molecule has 0 aromatic heterocycles. The van der Waals surface area contributed by atoms with Gasteiger partial charge >= 0.3 is 110 Å². The van der Waals surface area contributed by atoms with E-state index in [2.05, 4.69) is 0 Å². The van der Waals surface area contributed by atoms with Crippen LogP contribution in [0.5, 0.6) is 0 Å². The molecule has 0 saturated heterocycles. The first-order valence-corrected chi connectivity index (χ1v) is 7.49. The van der Waals surface area contributed by atoms with E-state index in [1.54, 1.807) is 0 Å². The molecule has 0 bridgehead atoms. The molecule has 0 unspecified atom stereocenters. The number of hydrogen-bond acceptors (Lipinski definition) is 1. The van der Waals surface area contributed by atoms with Crippen molar-refractivity contribution >= 4 is 40.0 Å². The van der Waals surface area contributed by atoms with Crippen LogP contribution in [0.3, 0.4) is 0 Å². The molecule has 0 spiro atoms. The van der Waals surface area contributed by atoms with Crippen molar-refractivity contribution in [3.8, 4) is 0 Å². The summed E-state index contributed by atoms with van der Waals surface area (Å²) in [5.41, 5.74) is 0.805. The first-order valence-electron chi connectivity index (χ1n) is 4.78. The average Bonchev–Trinajstić information content (AvgIpc) is 2.33. The van der Waals surface area contributed by atoms with Crippen molar-refractivity contribution in [1.29, 1.82) is 0 Å². The number of halogens is 1. The van der Waals surface area contributed by atoms with Crippen LogP contribution >= 0.6 is 11.6 Å². The quantitative estimate of drug-likeness (QED) is 0.782. The Morgan fingerprint density at radius 2 is 1.56 bits per heavy atom. The molecule has 0 heterocycles. The second kappa shape index (κ2) is 5.50. The maximum absolute atomic E-state index is 11.9. The monoisotopic (exact) mass is 346 g/mol. The van der Waals surface area contributed by atoms with E-state index in [1.165, 1.54) is 0 Å². The molecule has 2 aromatic rings. The van der Waals surface area contributed by atoms with Crippen LogP contribution in [0.15, 0.2) is 54.6 Å². The summed E-state index contributed by atoms with van der Waals surface area (Å²) in [6, 6.07) is 17.0. The molecule has 2 rings (SSSR count). The van der Waals surface area contributed by atoms with E-state index in [-0.39, 0.29) is 3.83 Å². The van der Waals surface area contributed by atoms with Crippen molar-refractivity contribution in [2.24, 2.45) is 0 Å². The molecule has 0 atom stereocenters. The Morgan fingerprint density at radius 1 is 0.938 bits per heavy atom. The van der Waals surface area contributed by atoms with Crippen LogP contribution in [0, 0.1) is 0 Å². The van der Waals surface area contributed by atoms with Gasteiger partial charge in [-0.2, -0.15) is 0 Å². The van der Waals surface area contributed by atoms with E-state index < -0.39 is 20.9 Å². The summed E-state index contributed by atoms with van der Waals surface area (Å²) in [5.74, 6) is 0. The molecule has 3 heteroatoms. The van der Waals surface area contributed by atoms with Crippen LogP contribution in [0.2, 0.25) is 5.02 Å².